The molecule has 0 aliphatic carbocycles. The molecular formula is C14H20FNO4S. The summed E-state index contributed by atoms with van der Waals surface area (Å²) >= 11 is 0. The number of benzene rings is 1. The summed E-state index contributed by atoms with van der Waals surface area (Å²) in [6.45, 7) is 0.496. The van der Waals surface area contributed by atoms with Crippen molar-refractivity contribution >= 4 is 10.0 Å². The zero-order valence-corrected chi connectivity index (χ0v) is 12.8. The highest BCUT2D eigenvalue weighted by Crippen LogP contribution is 2.22. The van der Waals surface area contributed by atoms with Crippen LogP contribution < -0.4 is 0 Å². The van der Waals surface area contributed by atoms with E-state index < -0.39 is 20.7 Å². The van der Waals surface area contributed by atoms with Crippen LogP contribution in [0.4, 0.5) is 4.39 Å². The minimum atomic E-state index is -3.93. The number of hydrogen-bond donors (Lipinski definition) is 1. The van der Waals surface area contributed by atoms with E-state index >= 15 is 0 Å². The summed E-state index contributed by atoms with van der Waals surface area (Å²) < 4.78 is 45.3. The molecule has 0 spiro atoms. The van der Waals surface area contributed by atoms with Gasteiger partial charge in [-0.05, 0) is 37.0 Å². The monoisotopic (exact) mass is 317 g/mol. The molecule has 1 fully saturated rings. The fraction of sp³-hybridized carbons (Fsp3) is 0.571. The molecule has 1 aromatic carbocycles. The first-order valence-corrected chi connectivity index (χ1v) is 8.36. The van der Waals surface area contributed by atoms with E-state index in [-0.39, 0.29) is 19.3 Å². The van der Waals surface area contributed by atoms with Gasteiger partial charge in [-0.1, -0.05) is 6.07 Å². The molecule has 7 heteroatoms. The van der Waals surface area contributed by atoms with Crippen LogP contribution in [-0.2, 0) is 21.4 Å². The first-order chi connectivity index (χ1) is 9.95. The summed E-state index contributed by atoms with van der Waals surface area (Å²) in [5.41, 5.74) is 0.359. The molecule has 0 radical (unpaired) electrons. The van der Waals surface area contributed by atoms with Crippen molar-refractivity contribution in [3.05, 3.63) is 29.6 Å². The zero-order chi connectivity index (χ0) is 15.5. The Morgan fingerprint density at radius 1 is 1.43 bits per heavy atom. The van der Waals surface area contributed by atoms with Crippen LogP contribution in [0, 0.1) is 5.82 Å². The van der Waals surface area contributed by atoms with Gasteiger partial charge < -0.3 is 9.84 Å². The predicted octanol–water partition coefficient (Wildman–Crippen LogP) is 1.51. The third-order valence-electron chi connectivity index (χ3n) is 3.60. The van der Waals surface area contributed by atoms with E-state index in [1.54, 1.807) is 0 Å². The average Bonchev–Trinajstić information content (AvgIpc) is 2.48. The maximum Gasteiger partial charge on any atom is 0.245 e. The molecule has 1 unspecified atom stereocenters. The molecule has 0 amide bonds. The molecule has 1 saturated heterocycles. The van der Waals surface area contributed by atoms with Gasteiger partial charge in [0.25, 0.3) is 0 Å². The molecular weight excluding hydrogens is 297 g/mol. The number of aliphatic hydroxyl groups excluding tert-OH is 1. The first-order valence-electron chi connectivity index (χ1n) is 6.92. The van der Waals surface area contributed by atoms with E-state index in [1.165, 1.54) is 19.2 Å². The van der Waals surface area contributed by atoms with Crippen LogP contribution in [0.5, 0.6) is 0 Å². The van der Waals surface area contributed by atoms with E-state index in [9.17, 15) is 12.8 Å². The highest BCUT2D eigenvalue weighted by molar-refractivity contribution is 7.89. The SMILES string of the molecule is CN(CC1CCCCO1)S(=O)(=O)c1cc(CO)ccc1F. The lowest BCUT2D eigenvalue weighted by molar-refractivity contribution is 0.00856. The number of hydrogen-bond acceptors (Lipinski definition) is 4. The number of rotatable bonds is 5. The molecule has 1 heterocycles. The van der Waals surface area contributed by atoms with Crippen molar-refractivity contribution in [1.29, 1.82) is 0 Å². The largest absolute Gasteiger partial charge is 0.392 e. The predicted molar refractivity (Wildman–Crippen MR) is 75.7 cm³/mol. The summed E-state index contributed by atoms with van der Waals surface area (Å²) in [5, 5.41) is 9.07. The molecule has 118 valence electrons. The Labute approximate surface area is 124 Å². The van der Waals surface area contributed by atoms with Gasteiger partial charge in [-0.2, -0.15) is 4.31 Å². The summed E-state index contributed by atoms with van der Waals surface area (Å²) in [6, 6.07) is 3.59. The molecule has 1 aliphatic rings. The zero-order valence-electron chi connectivity index (χ0n) is 12.0. The van der Waals surface area contributed by atoms with E-state index in [1.807, 2.05) is 0 Å². The molecule has 2 rings (SSSR count). The minimum absolute atomic E-state index is 0.150. The highest BCUT2D eigenvalue weighted by atomic mass is 32.2. The molecule has 1 aromatic rings. The Bertz CT molecular complexity index is 585. The van der Waals surface area contributed by atoms with Crippen molar-refractivity contribution in [2.45, 2.75) is 36.9 Å². The van der Waals surface area contributed by atoms with E-state index in [4.69, 9.17) is 9.84 Å². The summed E-state index contributed by atoms with van der Waals surface area (Å²) in [6.07, 6.45) is 2.65. The lowest BCUT2D eigenvalue weighted by Gasteiger charge is -2.27. The summed E-state index contributed by atoms with van der Waals surface area (Å²) in [4.78, 5) is -0.410. The van der Waals surface area contributed by atoms with Crippen molar-refractivity contribution in [2.75, 3.05) is 20.2 Å². The van der Waals surface area contributed by atoms with Crippen molar-refractivity contribution < 1.29 is 22.7 Å². The molecule has 0 saturated carbocycles. The molecule has 1 aliphatic heterocycles. The van der Waals surface area contributed by atoms with Gasteiger partial charge in [0.2, 0.25) is 10.0 Å². The number of ether oxygens (including phenoxy) is 1. The fourth-order valence-corrected chi connectivity index (χ4v) is 3.66. The van der Waals surface area contributed by atoms with Crippen LogP contribution in [0.25, 0.3) is 0 Å². The number of sulfonamides is 1. The Balaban J connectivity index is 2.20. The average molecular weight is 317 g/mol. The Kier molecular flexibility index (Phi) is 5.32. The number of nitrogens with zero attached hydrogens (tertiary/aromatic N) is 1. The topological polar surface area (TPSA) is 66.8 Å². The van der Waals surface area contributed by atoms with Gasteiger partial charge in [-0.25, -0.2) is 12.8 Å². The lowest BCUT2D eigenvalue weighted by atomic mass is 10.1. The number of likely N-dealkylation sites (N-methyl/N-ethyl adjacent to an activating group) is 1. The Morgan fingerprint density at radius 3 is 2.81 bits per heavy atom. The summed E-state index contributed by atoms with van der Waals surface area (Å²) in [5.74, 6) is -0.816. The summed E-state index contributed by atoms with van der Waals surface area (Å²) in [7, 11) is -2.52. The van der Waals surface area contributed by atoms with Crippen LogP contribution in [0.2, 0.25) is 0 Å². The van der Waals surface area contributed by atoms with Gasteiger partial charge in [0.05, 0.1) is 12.7 Å². The van der Waals surface area contributed by atoms with Crippen LogP contribution in [0.15, 0.2) is 23.1 Å². The highest BCUT2D eigenvalue weighted by Gasteiger charge is 2.28. The van der Waals surface area contributed by atoms with Crippen LogP contribution in [0.3, 0.4) is 0 Å². The van der Waals surface area contributed by atoms with Crippen LogP contribution in [-0.4, -0.2) is 44.1 Å². The second kappa shape index (κ2) is 6.83. The van der Waals surface area contributed by atoms with Gasteiger partial charge in [-0.3, -0.25) is 0 Å². The van der Waals surface area contributed by atoms with Crippen molar-refractivity contribution in [3.63, 3.8) is 0 Å². The van der Waals surface area contributed by atoms with Gasteiger partial charge in [0, 0.05) is 20.2 Å². The van der Waals surface area contributed by atoms with E-state index in [2.05, 4.69) is 0 Å². The smallest absolute Gasteiger partial charge is 0.245 e. The second-order valence-electron chi connectivity index (χ2n) is 5.20. The first kappa shape index (κ1) is 16.4. The van der Waals surface area contributed by atoms with E-state index in [0.29, 0.717) is 12.2 Å². The van der Waals surface area contributed by atoms with Gasteiger partial charge in [0.15, 0.2) is 0 Å². The van der Waals surface area contributed by atoms with Crippen LogP contribution in [0.1, 0.15) is 24.8 Å². The fourth-order valence-electron chi connectivity index (χ4n) is 2.35. The van der Waals surface area contributed by atoms with Crippen molar-refractivity contribution in [1.82, 2.24) is 4.31 Å². The number of halogens is 1. The lowest BCUT2D eigenvalue weighted by Crippen LogP contribution is -2.37. The maximum absolute atomic E-state index is 13.8. The molecule has 0 bridgehead atoms. The minimum Gasteiger partial charge on any atom is -0.392 e. The molecule has 1 N–H and O–H groups in total. The normalized spacial score (nSPS) is 19.9. The molecule has 0 aromatic heterocycles. The van der Waals surface area contributed by atoms with Gasteiger partial charge >= 0.3 is 0 Å². The second-order valence-corrected chi connectivity index (χ2v) is 7.21. The van der Waals surface area contributed by atoms with Gasteiger partial charge in [-0.15, -0.1) is 0 Å². The molecule has 21 heavy (non-hydrogen) atoms. The quantitative estimate of drug-likeness (QED) is 0.894. The molecule has 5 nitrogen and oxygen atoms in total. The standard InChI is InChI=1S/C14H20FNO4S/c1-16(9-12-4-2-3-7-20-12)21(18,19)14-8-11(10-17)5-6-13(14)15/h5-6,8,12,17H,2-4,7,9-10H2,1H3. The molecule has 1 atom stereocenters. The van der Waals surface area contributed by atoms with Crippen LogP contribution >= 0.6 is 0 Å². The van der Waals surface area contributed by atoms with Crippen molar-refractivity contribution in [2.24, 2.45) is 0 Å². The Morgan fingerprint density at radius 2 is 2.19 bits per heavy atom. The Hall–Kier alpha value is -1.02. The number of aliphatic hydroxyl groups is 1. The third kappa shape index (κ3) is 3.79. The van der Waals surface area contributed by atoms with E-state index in [0.717, 1.165) is 29.6 Å². The third-order valence-corrected chi connectivity index (χ3v) is 5.44. The maximum atomic E-state index is 13.8. The van der Waals surface area contributed by atoms with Crippen molar-refractivity contribution in [3.8, 4) is 0 Å². The van der Waals surface area contributed by atoms with Gasteiger partial charge in [0.1, 0.15) is 10.7 Å².